The molecule has 0 fully saturated rings. The smallest absolute Gasteiger partial charge is 0.356 e. The van der Waals surface area contributed by atoms with Crippen LogP contribution in [0.1, 0.15) is 10.5 Å². The molecule has 2 heterocycles. The number of nitrogens with two attached hydrogens (primary N) is 1. The van der Waals surface area contributed by atoms with E-state index in [0.29, 0.717) is 15.5 Å². The molecule has 0 amide bonds. The van der Waals surface area contributed by atoms with Gasteiger partial charge in [-0.1, -0.05) is 11.3 Å². The largest absolute Gasteiger partial charge is 0.464 e. The number of rotatable bonds is 1. The molecule has 6 heteroatoms. The fraction of sp³-hybridized carbons (Fsp3) is 0.125. The monoisotopic (exact) mass is 209 g/mol. The molecular weight excluding hydrogens is 202 g/mol. The van der Waals surface area contributed by atoms with Crippen molar-refractivity contribution in [3.05, 3.63) is 17.8 Å². The van der Waals surface area contributed by atoms with Crippen LogP contribution in [-0.2, 0) is 4.74 Å². The van der Waals surface area contributed by atoms with Gasteiger partial charge in [0.25, 0.3) is 0 Å². The minimum absolute atomic E-state index is 0.267. The van der Waals surface area contributed by atoms with Gasteiger partial charge in [-0.05, 0) is 12.1 Å². The van der Waals surface area contributed by atoms with E-state index in [2.05, 4.69) is 14.7 Å². The van der Waals surface area contributed by atoms with E-state index in [0.717, 1.165) is 0 Å². The maximum Gasteiger partial charge on any atom is 0.356 e. The van der Waals surface area contributed by atoms with Gasteiger partial charge >= 0.3 is 5.97 Å². The Hall–Kier alpha value is -1.69. The maximum atomic E-state index is 11.1. The highest BCUT2D eigenvalue weighted by Crippen LogP contribution is 2.21. The fourth-order valence-electron chi connectivity index (χ4n) is 1.05. The highest BCUT2D eigenvalue weighted by molar-refractivity contribution is 7.21. The van der Waals surface area contributed by atoms with Crippen LogP contribution in [0, 0.1) is 0 Å². The fourth-order valence-corrected chi connectivity index (χ4v) is 1.76. The van der Waals surface area contributed by atoms with E-state index in [4.69, 9.17) is 5.73 Å². The molecule has 2 aromatic heterocycles. The summed E-state index contributed by atoms with van der Waals surface area (Å²) in [6.07, 6.45) is 0. The summed E-state index contributed by atoms with van der Waals surface area (Å²) in [6.45, 7) is 0. The van der Waals surface area contributed by atoms with E-state index >= 15 is 0 Å². The number of methoxy groups -OCH3 is 1. The summed E-state index contributed by atoms with van der Waals surface area (Å²) >= 11 is 1.24. The standard InChI is InChI=1S/C8H7N3O2S/c1-13-7(12)5-3-2-4-6(10-5)14-8(9)11-4/h2-3H,1H3,(H2,9,11). The molecule has 0 radical (unpaired) electrons. The molecule has 2 aromatic rings. The third-order valence-corrected chi connectivity index (χ3v) is 2.46. The molecule has 0 saturated heterocycles. The van der Waals surface area contributed by atoms with Crippen LogP contribution < -0.4 is 5.73 Å². The molecule has 0 aliphatic rings. The van der Waals surface area contributed by atoms with Gasteiger partial charge in [0.15, 0.2) is 5.13 Å². The number of hydrogen-bond acceptors (Lipinski definition) is 6. The Labute approximate surface area is 83.5 Å². The number of carbonyl (C=O) groups is 1. The number of nitrogens with zero attached hydrogens (tertiary/aromatic N) is 2. The second kappa shape index (κ2) is 3.22. The van der Waals surface area contributed by atoms with Gasteiger partial charge in [0.1, 0.15) is 16.0 Å². The Morgan fingerprint density at radius 2 is 2.29 bits per heavy atom. The molecule has 0 aliphatic heterocycles. The van der Waals surface area contributed by atoms with Crippen LogP contribution in [0.15, 0.2) is 12.1 Å². The normalized spacial score (nSPS) is 10.4. The van der Waals surface area contributed by atoms with Crippen LogP contribution in [0.4, 0.5) is 5.13 Å². The number of thiazole rings is 1. The number of nitrogen functional groups attached to an aromatic ring is 1. The second-order valence-electron chi connectivity index (χ2n) is 2.56. The Bertz CT molecular complexity index is 494. The molecular formula is C8H7N3O2S. The van der Waals surface area contributed by atoms with E-state index in [-0.39, 0.29) is 5.69 Å². The third-order valence-electron chi connectivity index (χ3n) is 1.67. The zero-order chi connectivity index (χ0) is 10.1. The van der Waals surface area contributed by atoms with Crippen molar-refractivity contribution in [3.8, 4) is 0 Å². The molecule has 14 heavy (non-hydrogen) atoms. The molecule has 2 rings (SSSR count). The van der Waals surface area contributed by atoms with Gasteiger partial charge in [-0.25, -0.2) is 14.8 Å². The number of ether oxygens (including phenoxy) is 1. The lowest BCUT2D eigenvalue weighted by Crippen LogP contribution is -2.03. The first-order valence-corrected chi connectivity index (χ1v) is 4.64. The summed E-state index contributed by atoms with van der Waals surface area (Å²) in [5.41, 5.74) is 6.46. The summed E-state index contributed by atoms with van der Waals surface area (Å²) in [7, 11) is 1.31. The average molecular weight is 209 g/mol. The Balaban J connectivity index is 2.55. The van der Waals surface area contributed by atoms with Crippen molar-refractivity contribution in [2.24, 2.45) is 0 Å². The van der Waals surface area contributed by atoms with Gasteiger partial charge in [-0.15, -0.1) is 0 Å². The number of hydrogen-bond donors (Lipinski definition) is 1. The van der Waals surface area contributed by atoms with E-state index in [1.165, 1.54) is 18.4 Å². The molecule has 0 unspecified atom stereocenters. The van der Waals surface area contributed by atoms with Gasteiger partial charge in [0.2, 0.25) is 0 Å². The quantitative estimate of drug-likeness (QED) is 0.710. The molecule has 0 aliphatic carbocycles. The molecule has 72 valence electrons. The van der Waals surface area contributed by atoms with Gasteiger partial charge in [0.05, 0.1) is 7.11 Å². The lowest BCUT2D eigenvalue weighted by atomic mass is 10.3. The van der Waals surface area contributed by atoms with Crippen LogP contribution in [-0.4, -0.2) is 23.0 Å². The minimum atomic E-state index is -0.459. The van der Waals surface area contributed by atoms with E-state index in [1.54, 1.807) is 12.1 Å². The first-order chi connectivity index (χ1) is 6.70. The van der Waals surface area contributed by atoms with Gasteiger partial charge in [0, 0.05) is 0 Å². The van der Waals surface area contributed by atoms with E-state index < -0.39 is 5.97 Å². The SMILES string of the molecule is COC(=O)c1ccc2nc(N)sc2n1. The molecule has 5 nitrogen and oxygen atoms in total. The first-order valence-electron chi connectivity index (χ1n) is 3.82. The van der Waals surface area contributed by atoms with Crippen molar-refractivity contribution in [3.63, 3.8) is 0 Å². The van der Waals surface area contributed by atoms with Gasteiger partial charge < -0.3 is 10.5 Å². The highest BCUT2D eigenvalue weighted by atomic mass is 32.1. The Kier molecular flexibility index (Phi) is 2.05. The molecule has 0 bridgehead atoms. The van der Waals surface area contributed by atoms with Crippen LogP contribution in [0.5, 0.6) is 0 Å². The summed E-state index contributed by atoms with van der Waals surface area (Å²) in [6, 6.07) is 3.26. The summed E-state index contributed by atoms with van der Waals surface area (Å²) in [5.74, 6) is -0.459. The molecule has 0 atom stereocenters. The van der Waals surface area contributed by atoms with Crippen molar-refractivity contribution < 1.29 is 9.53 Å². The third kappa shape index (κ3) is 1.39. The predicted octanol–water partition coefficient (Wildman–Crippen LogP) is 1.06. The Morgan fingerprint density at radius 1 is 1.50 bits per heavy atom. The average Bonchev–Trinajstić information content (AvgIpc) is 2.55. The number of fused-ring (bicyclic) bond motifs is 1. The summed E-state index contributed by atoms with van der Waals surface area (Å²) in [5, 5.41) is 0.439. The highest BCUT2D eigenvalue weighted by Gasteiger charge is 2.09. The van der Waals surface area contributed by atoms with Crippen LogP contribution >= 0.6 is 11.3 Å². The van der Waals surface area contributed by atoms with Gasteiger partial charge in [-0.2, -0.15) is 0 Å². The van der Waals surface area contributed by atoms with Crippen molar-refractivity contribution in [2.45, 2.75) is 0 Å². The number of anilines is 1. The molecule has 0 saturated carbocycles. The lowest BCUT2D eigenvalue weighted by Gasteiger charge is -1.96. The maximum absolute atomic E-state index is 11.1. The van der Waals surface area contributed by atoms with Crippen molar-refractivity contribution in [1.29, 1.82) is 0 Å². The Morgan fingerprint density at radius 3 is 3.00 bits per heavy atom. The predicted molar refractivity (Wildman–Crippen MR) is 53.2 cm³/mol. The van der Waals surface area contributed by atoms with Crippen LogP contribution in [0.25, 0.3) is 10.3 Å². The number of carbonyl (C=O) groups excluding carboxylic acids is 1. The van der Waals surface area contributed by atoms with Crippen molar-refractivity contribution in [2.75, 3.05) is 12.8 Å². The summed E-state index contributed by atoms with van der Waals surface area (Å²) in [4.78, 5) is 19.9. The van der Waals surface area contributed by atoms with Crippen molar-refractivity contribution >= 4 is 32.8 Å². The number of esters is 1. The second-order valence-corrected chi connectivity index (χ2v) is 3.57. The molecule has 2 N–H and O–H groups in total. The lowest BCUT2D eigenvalue weighted by molar-refractivity contribution is 0.0594. The minimum Gasteiger partial charge on any atom is -0.464 e. The zero-order valence-corrected chi connectivity index (χ0v) is 8.17. The topological polar surface area (TPSA) is 78.1 Å². The first kappa shape index (κ1) is 8.89. The van der Waals surface area contributed by atoms with E-state index in [1.807, 2.05) is 0 Å². The van der Waals surface area contributed by atoms with Gasteiger partial charge in [-0.3, -0.25) is 0 Å². The van der Waals surface area contributed by atoms with Crippen molar-refractivity contribution in [1.82, 2.24) is 9.97 Å². The van der Waals surface area contributed by atoms with E-state index in [9.17, 15) is 4.79 Å². The molecule has 0 aromatic carbocycles. The zero-order valence-electron chi connectivity index (χ0n) is 7.35. The number of aromatic nitrogens is 2. The number of pyridine rings is 1. The van der Waals surface area contributed by atoms with Crippen LogP contribution in [0.3, 0.4) is 0 Å². The summed E-state index contributed by atoms with van der Waals surface area (Å²) < 4.78 is 4.54. The van der Waals surface area contributed by atoms with Crippen LogP contribution in [0.2, 0.25) is 0 Å². The molecule has 0 spiro atoms.